The van der Waals surface area contributed by atoms with E-state index in [1.165, 1.54) is 25.1 Å². The predicted octanol–water partition coefficient (Wildman–Crippen LogP) is 2.24. The van der Waals surface area contributed by atoms with Crippen LogP contribution in [0.2, 0.25) is 0 Å². The van der Waals surface area contributed by atoms with E-state index in [9.17, 15) is 14.3 Å². The fourth-order valence-electron chi connectivity index (χ4n) is 1.63. The monoisotopic (exact) mass is 267 g/mol. The average Bonchev–Trinajstić information content (AvgIpc) is 2.79. The smallest absolute Gasteiger partial charge is 0.336 e. The van der Waals surface area contributed by atoms with Gasteiger partial charge in [0.2, 0.25) is 0 Å². The fourth-order valence-corrected chi connectivity index (χ4v) is 2.59. The van der Waals surface area contributed by atoms with Crippen molar-refractivity contribution in [2.75, 3.05) is 0 Å². The van der Waals surface area contributed by atoms with E-state index in [1.807, 2.05) is 0 Å². The highest BCUT2D eigenvalue weighted by Crippen LogP contribution is 2.34. The Morgan fingerprint density at radius 3 is 2.72 bits per heavy atom. The third-order valence-electron chi connectivity index (χ3n) is 2.56. The lowest BCUT2D eigenvalue weighted by Gasteiger charge is -2.22. The fraction of sp³-hybridized carbons (Fsp3) is 0.167. The largest absolute Gasteiger partial charge is 0.478 e. The van der Waals surface area contributed by atoms with Gasteiger partial charge >= 0.3 is 5.97 Å². The number of aromatic nitrogens is 1. The second kappa shape index (κ2) is 4.47. The van der Waals surface area contributed by atoms with Crippen LogP contribution in [0.3, 0.4) is 0 Å². The number of hydrogen-bond acceptors (Lipinski definition) is 4. The van der Waals surface area contributed by atoms with Gasteiger partial charge in [-0.15, -0.1) is 11.3 Å². The molecule has 0 amide bonds. The van der Waals surface area contributed by atoms with E-state index in [4.69, 9.17) is 5.11 Å². The summed E-state index contributed by atoms with van der Waals surface area (Å²) in [4.78, 5) is 15.1. The molecule has 2 aromatic rings. The molecule has 1 atom stereocenters. The number of thiophene rings is 1. The van der Waals surface area contributed by atoms with Crippen molar-refractivity contribution >= 4 is 17.3 Å². The van der Waals surface area contributed by atoms with Crippen molar-refractivity contribution in [3.05, 3.63) is 51.7 Å². The molecular weight excluding hydrogens is 257 g/mol. The van der Waals surface area contributed by atoms with Crippen LogP contribution in [0.25, 0.3) is 0 Å². The minimum Gasteiger partial charge on any atom is -0.478 e. The summed E-state index contributed by atoms with van der Waals surface area (Å²) in [6, 6.07) is 3.92. The number of aliphatic hydroxyl groups is 1. The van der Waals surface area contributed by atoms with E-state index >= 15 is 0 Å². The molecule has 4 nitrogen and oxygen atoms in total. The van der Waals surface area contributed by atoms with Gasteiger partial charge in [-0.2, -0.15) is 0 Å². The van der Waals surface area contributed by atoms with E-state index in [0.717, 1.165) is 17.5 Å². The van der Waals surface area contributed by atoms with E-state index in [1.54, 1.807) is 5.38 Å². The Balaban J connectivity index is 2.50. The van der Waals surface area contributed by atoms with Crippen molar-refractivity contribution in [1.29, 1.82) is 0 Å². The molecule has 2 heterocycles. The zero-order valence-corrected chi connectivity index (χ0v) is 10.2. The lowest BCUT2D eigenvalue weighted by atomic mass is 9.96. The summed E-state index contributed by atoms with van der Waals surface area (Å²) < 4.78 is 12.8. The summed E-state index contributed by atoms with van der Waals surface area (Å²) in [6.07, 6.45) is 0.984. The topological polar surface area (TPSA) is 70.4 Å². The predicted molar refractivity (Wildman–Crippen MR) is 64.1 cm³/mol. The first-order valence-corrected chi connectivity index (χ1v) is 5.96. The summed E-state index contributed by atoms with van der Waals surface area (Å²) in [5, 5.41) is 21.0. The number of carbonyl (C=O) groups is 1. The molecule has 0 spiro atoms. The highest BCUT2D eigenvalue weighted by molar-refractivity contribution is 7.10. The van der Waals surface area contributed by atoms with Gasteiger partial charge in [-0.25, -0.2) is 9.18 Å². The average molecular weight is 267 g/mol. The van der Waals surface area contributed by atoms with E-state index < -0.39 is 17.4 Å². The lowest BCUT2D eigenvalue weighted by molar-refractivity contribution is 0.0671. The molecule has 0 saturated heterocycles. The third-order valence-corrected chi connectivity index (χ3v) is 3.69. The molecule has 18 heavy (non-hydrogen) atoms. The van der Waals surface area contributed by atoms with Crippen molar-refractivity contribution in [3.8, 4) is 0 Å². The van der Waals surface area contributed by atoms with Gasteiger partial charge < -0.3 is 10.2 Å². The van der Waals surface area contributed by atoms with Crippen molar-refractivity contribution in [2.45, 2.75) is 12.5 Å². The molecule has 0 aliphatic rings. The molecule has 0 fully saturated rings. The van der Waals surface area contributed by atoms with Gasteiger partial charge in [0.15, 0.2) is 0 Å². The van der Waals surface area contributed by atoms with Crippen LogP contribution in [0, 0.1) is 5.82 Å². The zero-order valence-electron chi connectivity index (χ0n) is 9.42. The quantitative estimate of drug-likeness (QED) is 0.894. The molecule has 1 unspecified atom stereocenters. The Bertz CT molecular complexity index is 577. The highest BCUT2D eigenvalue weighted by atomic mass is 32.1. The highest BCUT2D eigenvalue weighted by Gasteiger charge is 2.33. The molecule has 0 radical (unpaired) electrons. The maximum Gasteiger partial charge on any atom is 0.336 e. The standard InChI is InChI=1S/C12H10FNO3S/c1-12(17,9-3-2-7(13)6-14-9)10-8(11(15)16)4-5-18-10/h2-6,17H,1H3,(H,15,16). The van der Waals surface area contributed by atoms with Crippen LogP contribution in [-0.4, -0.2) is 21.2 Å². The summed E-state index contributed by atoms with van der Waals surface area (Å²) in [7, 11) is 0. The molecule has 0 aliphatic carbocycles. The minimum absolute atomic E-state index is 0.0242. The molecule has 6 heteroatoms. The third kappa shape index (κ3) is 2.12. The molecule has 2 rings (SSSR count). The Kier molecular flexibility index (Phi) is 3.14. The Morgan fingerprint density at radius 1 is 1.44 bits per heavy atom. The molecule has 2 N–H and O–H groups in total. The van der Waals surface area contributed by atoms with Gasteiger partial charge in [0, 0.05) is 0 Å². The molecule has 0 aromatic carbocycles. The number of carboxylic acid groups (broad SMARTS) is 1. The number of nitrogens with zero attached hydrogens (tertiary/aromatic N) is 1. The molecule has 0 aliphatic heterocycles. The number of pyridine rings is 1. The molecule has 0 bridgehead atoms. The minimum atomic E-state index is -1.56. The first-order chi connectivity index (χ1) is 8.43. The summed E-state index contributed by atoms with van der Waals surface area (Å²) >= 11 is 1.12. The lowest BCUT2D eigenvalue weighted by Crippen LogP contribution is -2.25. The van der Waals surface area contributed by atoms with Crippen LogP contribution in [0.5, 0.6) is 0 Å². The van der Waals surface area contributed by atoms with Crippen LogP contribution < -0.4 is 0 Å². The van der Waals surface area contributed by atoms with Crippen molar-refractivity contribution in [3.63, 3.8) is 0 Å². The maximum atomic E-state index is 12.8. The van der Waals surface area contributed by atoms with E-state index in [2.05, 4.69) is 4.98 Å². The number of rotatable bonds is 3. The first kappa shape index (κ1) is 12.7. The summed E-state index contributed by atoms with van der Waals surface area (Å²) in [5.74, 6) is -1.63. The van der Waals surface area contributed by atoms with Crippen molar-refractivity contribution in [2.24, 2.45) is 0 Å². The van der Waals surface area contributed by atoms with Crippen LogP contribution in [-0.2, 0) is 5.60 Å². The second-order valence-corrected chi connectivity index (χ2v) is 4.82. The summed E-state index contributed by atoms with van der Waals surface area (Å²) in [5.41, 5.74) is -1.33. The number of carboxylic acids is 1. The van der Waals surface area contributed by atoms with Gasteiger partial charge in [-0.1, -0.05) is 0 Å². The van der Waals surface area contributed by atoms with Gasteiger partial charge in [0.25, 0.3) is 0 Å². The number of aromatic carboxylic acids is 1. The molecule has 2 aromatic heterocycles. The second-order valence-electron chi connectivity index (χ2n) is 3.90. The molecule has 0 saturated carbocycles. The normalized spacial score (nSPS) is 14.2. The van der Waals surface area contributed by atoms with Crippen molar-refractivity contribution < 1.29 is 19.4 Å². The van der Waals surface area contributed by atoms with Gasteiger partial charge in [0.05, 0.1) is 22.3 Å². The van der Waals surface area contributed by atoms with Crippen LogP contribution >= 0.6 is 11.3 Å². The molecule has 94 valence electrons. The maximum absolute atomic E-state index is 12.8. The van der Waals surface area contributed by atoms with Crippen molar-refractivity contribution in [1.82, 2.24) is 4.98 Å². The van der Waals surface area contributed by atoms with Crippen LogP contribution in [0.4, 0.5) is 4.39 Å². The van der Waals surface area contributed by atoms with Crippen LogP contribution in [0.1, 0.15) is 27.9 Å². The van der Waals surface area contributed by atoms with E-state index in [0.29, 0.717) is 0 Å². The van der Waals surface area contributed by atoms with E-state index in [-0.39, 0.29) is 16.1 Å². The Labute approximate surface area is 106 Å². The summed E-state index contributed by atoms with van der Waals surface area (Å²) in [6.45, 7) is 1.44. The van der Waals surface area contributed by atoms with Gasteiger partial charge in [-0.05, 0) is 30.5 Å². The number of hydrogen-bond donors (Lipinski definition) is 2. The Hall–Kier alpha value is -1.79. The first-order valence-electron chi connectivity index (χ1n) is 5.08. The van der Waals surface area contributed by atoms with Gasteiger partial charge in [-0.3, -0.25) is 4.98 Å². The Morgan fingerprint density at radius 2 is 2.17 bits per heavy atom. The SMILES string of the molecule is CC(O)(c1ccc(F)cn1)c1sccc1C(=O)O. The molecular formula is C12H10FNO3S. The van der Waals surface area contributed by atoms with Crippen LogP contribution in [0.15, 0.2) is 29.8 Å². The number of halogens is 1. The zero-order chi connectivity index (χ0) is 13.3. The van der Waals surface area contributed by atoms with Gasteiger partial charge in [0.1, 0.15) is 11.4 Å².